The summed E-state index contributed by atoms with van der Waals surface area (Å²) in [6, 6.07) is 32.5. The molecule has 0 N–H and O–H groups in total. The van der Waals surface area contributed by atoms with E-state index < -0.39 is 7.92 Å². The molecule has 1 radical (unpaired) electrons. The van der Waals surface area contributed by atoms with Crippen molar-refractivity contribution in [2.75, 3.05) is 40.4 Å². The summed E-state index contributed by atoms with van der Waals surface area (Å²) < 4.78 is 5.60. The molecule has 10 heteroatoms. The summed E-state index contributed by atoms with van der Waals surface area (Å²) in [5, 5.41) is 4.31. The zero-order chi connectivity index (χ0) is 27.7. The molecule has 0 saturated carbocycles. The summed E-state index contributed by atoms with van der Waals surface area (Å²) in [5.74, 6) is 0. The van der Waals surface area contributed by atoms with Crippen molar-refractivity contribution in [3.63, 3.8) is 0 Å². The van der Waals surface area contributed by atoms with Crippen molar-refractivity contribution in [1.82, 2.24) is 19.6 Å². The maximum Gasteiger partial charge on any atom is 0.102 e. The van der Waals surface area contributed by atoms with Crippen molar-refractivity contribution < 1.29 is 39.7 Å². The number of ether oxygens (including phenoxy) is 1. The van der Waals surface area contributed by atoms with Gasteiger partial charge in [0.1, 0.15) is 15.9 Å². The molecule has 0 unspecified atom stereocenters. The van der Waals surface area contributed by atoms with E-state index in [1.54, 1.807) is 0 Å². The minimum absolute atomic E-state index is 0. The first kappa shape index (κ1) is 38.1. The molecule has 2 aliphatic rings. The molecular formula is C31H40AgBr2N4OPRu-2. The van der Waals surface area contributed by atoms with E-state index in [2.05, 4.69) is 153 Å². The van der Waals surface area contributed by atoms with E-state index in [9.17, 15) is 0 Å². The molecule has 5 nitrogen and oxygen atoms in total. The Morgan fingerprint density at radius 2 is 0.951 bits per heavy atom. The van der Waals surface area contributed by atoms with Gasteiger partial charge in [-0.05, 0) is 75.3 Å². The molecule has 2 aliphatic heterocycles. The quantitative estimate of drug-likeness (QED) is 0.119. The van der Waals surface area contributed by atoms with Crippen molar-refractivity contribution in [2.24, 2.45) is 0 Å². The van der Waals surface area contributed by atoms with Gasteiger partial charge in [-0.3, -0.25) is 0 Å². The normalized spacial score (nSPS) is 13.3. The van der Waals surface area contributed by atoms with Crippen LogP contribution >= 0.6 is 34.0 Å². The van der Waals surface area contributed by atoms with Gasteiger partial charge in [0.15, 0.2) is 0 Å². The first-order valence-electron chi connectivity index (χ1n) is 12.5. The molecule has 2 heterocycles. The maximum absolute atomic E-state index is 5.60. The number of hydrogen-bond acceptors (Lipinski definition) is 5. The number of rotatable bonds is 9. The minimum atomic E-state index is -0.877. The van der Waals surface area contributed by atoms with E-state index in [0.29, 0.717) is 15.5 Å². The Morgan fingerprint density at radius 3 is 1.22 bits per heavy atom. The van der Waals surface area contributed by atoms with Crippen LogP contribution < -0.4 is 15.9 Å². The zero-order valence-electron chi connectivity index (χ0n) is 23.6. The van der Waals surface area contributed by atoms with Gasteiger partial charge >= 0.3 is 61.0 Å². The van der Waals surface area contributed by atoms with E-state index in [1.165, 1.54) is 15.9 Å². The third kappa shape index (κ3) is 14.4. The average Bonchev–Trinajstić information content (AvgIpc) is 3.58. The summed E-state index contributed by atoms with van der Waals surface area (Å²) in [4.78, 5) is 8.30. The molecule has 0 aromatic heterocycles. The van der Waals surface area contributed by atoms with Crippen LogP contribution in [0.2, 0.25) is 0 Å². The fourth-order valence-electron chi connectivity index (χ4n) is 4.02. The van der Waals surface area contributed by atoms with E-state index >= 15 is 0 Å². The topological polar surface area (TPSA) is 22.2 Å². The minimum Gasteiger partial charge on any atom is -0.0620 e. The van der Waals surface area contributed by atoms with Gasteiger partial charge in [-0.2, -0.15) is 13.3 Å². The molecule has 0 aliphatic carbocycles. The molecule has 0 bridgehead atoms. The smallest absolute Gasteiger partial charge is 0.0620 e. The van der Waals surface area contributed by atoms with Crippen molar-refractivity contribution in [1.29, 1.82) is 0 Å². The average molecular weight is 884 g/mol. The van der Waals surface area contributed by atoms with Gasteiger partial charge in [0.05, 0.1) is 21.1 Å². The fourth-order valence-corrected chi connectivity index (χ4v) is 6.60. The van der Waals surface area contributed by atoms with Crippen LogP contribution in [0.4, 0.5) is 0 Å². The Labute approximate surface area is 283 Å². The second kappa shape index (κ2) is 22.6. The Balaban J connectivity index is 0.000000360. The van der Waals surface area contributed by atoms with Gasteiger partial charge in [0, 0.05) is 13.1 Å². The SMILES string of the molecule is CN1C=CN(CCOCCN2C=CN(C)[CH-]2)[CH-]1.[Br][Ag-][Br].[CH3-].[RuH+].c1ccc([PH+](c2ccccc2)c2ccccc2)cc1. The predicted octanol–water partition coefficient (Wildman–Crippen LogP) is 5.72. The van der Waals surface area contributed by atoms with Crippen LogP contribution in [-0.4, -0.2) is 60.0 Å². The zero-order valence-corrected chi connectivity index (χ0v) is 31.1. The summed E-state index contributed by atoms with van der Waals surface area (Å²) >= 11 is 6.88. The summed E-state index contributed by atoms with van der Waals surface area (Å²) in [5.41, 5.74) is 0. The van der Waals surface area contributed by atoms with E-state index in [-0.39, 0.29) is 26.9 Å². The predicted molar refractivity (Wildman–Crippen MR) is 179 cm³/mol. The van der Waals surface area contributed by atoms with Crippen molar-refractivity contribution in [3.05, 3.63) is 137 Å². The largest absolute Gasteiger partial charge is 0.102 e. The molecule has 0 atom stereocenters. The van der Waals surface area contributed by atoms with Crippen LogP contribution in [0.1, 0.15) is 0 Å². The van der Waals surface area contributed by atoms with Gasteiger partial charge in [0.25, 0.3) is 0 Å². The van der Waals surface area contributed by atoms with E-state index in [0.717, 1.165) is 26.3 Å². The second-order valence-corrected chi connectivity index (χ2v) is 18.1. The molecule has 3 aromatic carbocycles. The third-order valence-corrected chi connectivity index (χ3v) is 8.55. The Hall–Kier alpha value is -0.946. The van der Waals surface area contributed by atoms with Crippen LogP contribution in [0.3, 0.4) is 0 Å². The van der Waals surface area contributed by atoms with E-state index in [4.69, 9.17) is 4.74 Å². The molecule has 0 saturated heterocycles. The molecule has 0 fully saturated rings. The van der Waals surface area contributed by atoms with Crippen molar-refractivity contribution >= 4 is 49.9 Å². The molecule has 5 rings (SSSR count). The number of benzene rings is 3. The van der Waals surface area contributed by atoms with Crippen LogP contribution in [-0.2, 0) is 39.7 Å². The first-order valence-corrected chi connectivity index (χ1v) is 20.8. The summed E-state index contributed by atoms with van der Waals surface area (Å²) in [6.07, 6.45) is 8.16. The van der Waals surface area contributed by atoms with Crippen LogP contribution in [0.25, 0.3) is 0 Å². The molecular weight excluding hydrogens is 844 g/mol. The molecule has 41 heavy (non-hydrogen) atoms. The Kier molecular flexibility index (Phi) is 21.0. The maximum atomic E-state index is 5.60. The van der Waals surface area contributed by atoms with Crippen LogP contribution in [0.5, 0.6) is 0 Å². The number of hydrogen-bond donors (Lipinski definition) is 0. The molecule has 0 spiro atoms. The summed E-state index contributed by atoms with van der Waals surface area (Å²) in [6.45, 7) is 7.41. The Morgan fingerprint density at radius 1 is 0.634 bits per heavy atom. The third-order valence-electron chi connectivity index (χ3n) is 5.82. The van der Waals surface area contributed by atoms with Gasteiger partial charge in [0.2, 0.25) is 0 Å². The van der Waals surface area contributed by atoms with Gasteiger partial charge in [-0.25, -0.2) is 0 Å². The molecule has 3 aromatic rings. The van der Waals surface area contributed by atoms with Gasteiger partial charge < -0.3 is 31.8 Å². The fraction of sp³-hybridized carbons (Fsp3) is 0.194. The first-order chi connectivity index (χ1) is 19.1. The molecule has 0 amide bonds. The Bertz CT molecular complexity index is 997. The van der Waals surface area contributed by atoms with Crippen LogP contribution in [0.15, 0.2) is 116 Å². The monoisotopic (exact) mass is 882 g/mol. The second-order valence-electron chi connectivity index (χ2n) is 8.76. The van der Waals surface area contributed by atoms with Gasteiger partial charge in [-0.1, -0.05) is 54.6 Å². The van der Waals surface area contributed by atoms with Crippen molar-refractivity contribution in [2.45, 2.75) is 0 Å². The van der Waals surface area contributed by atoms with Crippen molar-refractivity contribution in [3.8, 4) is 0 Å². The summed E-state index contributed by atoms with van der Waals surface area (Å²) in [7, 11) is 3.16. The number of halogens is 2. The number of nitrogens with zero attached hydrogens (tertiary/aromatic N) is 4. The van der Waals surface area contributed by atoms with E-state index in [1.807, 2.05) is 36.3 Å². The van der Waals surface area contributed by atoms with Crippen LogP contribution in [0, 0.1) is 20.8 Å². The molecule has 230 valence electrons. The van der Waals surface area contributed by atoms with Gasteiger partial charge in [-0.15, -0.1) is 0 Å². The standard InChI is InChI=1S/C18H15P.C12H20N4O.CH3.Ag.2BrH.Ru.H/c1-4-10-16(11-5-1)19(17-12-6-2-7-13-17)18-14-8-3-9-15-18;1-13-3-5-15(11-13)7-9-17-10-8-16-6-4-14(2)12-16;;;;;;/h1-15H;3-6,11-12H,7-10H2,1-2H3;1H3;;2*1H;;/q;-2;-1;+1;;;+1;/p-1.